The van der Waals surface area contributed by atoms with Crippen molar-refractivity contribution in [2.24, 2.45) is 0 Å². The number of hydrogen-bond donors (Lipinski definition) is 0. The quantitative estimate of drug-likeness (QED) is 0.820. The van der Waals surface area contributed by atoms with Crippen LogP contribution in [0.5, 0.6) is 0 Å². The normalized spacial score (nSPS) is 14.6. The standard InChI is InChI=1S/C19H25FN6O/c1-13(2)16-21-18(24(3)4)23-19(22-16)26-11-9-25(10-12-26)17(27)14-7-5-6-8-15(14)20/h5-8,13H,9-12H2,1-4H3. The summed E-state index contributed by atoms with van der Waals surface area (Å²) in [4.78, 5) is 31.8. The van der Waals surface area contributed by atoms with Gasteiger partial charge in [-0.3, -0.25) is 4.79 Å². The van der Waals surface area contributed by atoms with Crippen molar-refractivity contribution in [3.63, 3.8) is 0 Å². The van der Waals surface area contributed by atoms with Crippen LogP contribution in [-0.2, 0) is 0 Å². The topological polar surface area (TPSA) is 65.5 Å². The number of carbonyl (C=O) groups excluding carboxylic acids is 1. The number of nitrogens with zero attached hydrogens (tertiary/aromatic N) is 6. The van der Waals surface area contributed by atoms with Crippen molar-refractivity contribution >= 4 is 17.8 Å². The predicted octanol–water partition coefficient (Wildman–Crippen LogP) is 2.16. The number of rotatable bonds is 4. The molecular weight excluding hydrogens is 347 g/mol. The Morgan fingerprint density at radius 2 is 1.74 bits per heavy atom. The zero-order valence-corrected chi connectivity index (χ0v) is 16.2. The molecule has 0 radical (unpaired) electrons. The van der Waals surface area contributed by atoms with E-state index >= 15 is 0 Å². The highest BCUT2D eigenvalue weighted by molar-refractivity contribution is 5.94. The third kappa shape index (κ3) is 4.15. The van der Waals surface area contributed by atoms with E-state index in [4.69, 9.17) is 0 Å². The molecule has 1 amide bonds. The van der Waals surface area contributed by atoms with Crippen LogP contribution >= 0.6 is 0 Å². The van der Waals surface area contributed by atoms with Crippen LogP contribution in [0.3, 0.4) is 0 Å². The second-order valence-corrected chi connectivity index (χ2v) is 7.10. The largest absolute Gasteiger partial charge is 0.347 e. The summed E-state index contributed by atoms with van der Waals surface area (Å²) in [6.45, 7) is 6.26. The van der Waals surface area contributed by atoms with Crippen LogP contribution in [0.25, 0.3) is 0 Å². The molecular formula is C19H25FN6O. The predicted molar refractivity (Wildman–Crippen MR) is 103 cm³/mol. The molecule has 1 fully saturated rings. The fraction of sp³-hybridized carbons (Fsp3) is 0.474. The molecule has 0 atom stereocenters. The highest BCUT2D eigenvalue weighted by Crippen LogP contribution is 2.20. The van der Waals surface area contributed by atoms with Crippen LogP contribution in [0, 0.1) is 5.82 Å². The smallest absolute Gasteiger partial charge is 0.256 e. The lowest BCUT2D eigenvalue weighted by molar-refractivity contribution is 0.0741. The van der Waals surface area contributed by atoms with E-state index < -0.39 is 5.82 Å². The highest BCUT2D eigenvalue weighted by atomic mass is 19.1. The van der Waals surface area contributed by atoms with Gasteiger partial charge in [0.05, 0.1) is 5.56 Å². The molecule has 144 valence electrons. The summed E-state index contributed by atoms with van der Waals surface area (Å²) in [6.07, 6.45) is 0. The van der Waals surface area contributed by atoms with Crippen LogP contribution in [0.15, 0.2) is 24.3 Å². The molecule has 0 spiro atoms. The molecule has 2 aromatic rings. The van der Waals surface area contributed by atoms with Crippen LogP contribution in [0.2, 0.25) is 0 Å². The SMILES string of the molecule is CC(C)c1nc(N(C)C)nc(N2CCN(C(=O)c3ccccc3F)CC2)n1. The maximum atomic E-state index is 13.9. The molecule has 7 nitrogen and oxygen atoms in total. The summed E-state index contributed by atoms with van der Waals surface area (Å²) >= 11 is 0. The van der Waals surface area contributed by atoms with Gasteiger partial charge in [0, 0.05) is 46.2 Å². The summed E-state index contributed by atoms with van der Waals surface area (Å²) in [6, 6.07) is 6.09. The minimum Gasteiger partial charge on any atom is -0.347 e. The highest BCUT2D eigenvalue weighted by Gasteiger charge is 2.26. The van der Waals surface area contributed by atoms with Crippen molar-refractivity contribution in [3.8, 4) is 0 Å². The molecule has 0 aliphatic carbocycles. The molecule has 3 rings (SSSR count). The lowest BCUT2D eigenvalue weighted by Crippen LogP contribution is -2.49. The zero-order valence-electron chi connectivity index (χ0n) is 16.2. The van der Waals surface area contributed by atoms with Crippen LogP contribution in [0.1, 0.15) is 35.9 Å². The number of benzene rings is 1. The van der Waals surface area contributed by atoms with Crippen molar-refractivity contribution in [3.05, 3.63) is 41.5 Å². The van der Waals surface area contributed by atoms with E-state index in [1.807, 2.05) is 37.7 Å². The third-order valence-corrected chi connectivity index (χ3v) is 4.50. The lowest BCUT2D eigenvalue weighted by Gasteiger charge is -2.35. The lowest BCUT2D eigenvalue weighted by atomic mass is 10.1. The van der Waals surface area contributed by atoms with Gasteiger partial charge in [-0.1, -0.05) is 26.0 Å². The fourth-order valence-corrected chi connectivity index (χ4v) is 2.88. The van der Waals surface area contributed by atoms with Gasteiger partial charge in [-0.2, -0.15) is 15.0 Å². The van der Waals surface area contributed by atoms with Crippen molar-refractivity contribution in [1.82, 2.24) is 19.9 Å². The first-order valence-electron chi connectivity index (χ1n) is 9.09. The molecule has 1 saturated heterocycles. The number of aromatic nitrogens is 3. The monoisotopic (exact) mass is 372 g/mol. The second-order valence-electron chi connectivity index (χ2n) is 7.10. The van der Waals surface area contributed by atoms with Gasteiger partial charge in [-0.15, -0.1) is 0 Å². The average molecular weight is 372 g/mol. The van der Waals surface area contributed by atoms with E-state index in [1.165, 1.54) is 12.1 Å². The fourth-order valence-electron chi connectivity index (χ4n) is 2.88. The Bertz CT molecular complexity index is 791. The van der Waals surface area contributed by atoms with E-state index in [0.29, 0.717) is 38.1 Å². The van der Waals surface area contributed by atoms with Crippen molar-refractivity contribution < 1.29 is 9.18 Å². The molecule has 8 heteroatoms. The molecule has 1 aliphatic rings. The third-order valence-electron chi connectivity index (χ3n) is 4.50. The molecule has 0 N–H and O–H groups in total. The van der Waals surface area contributed by atoms with Crippen LogP contribution < -0.4 is 9.80 Å². The Kier molecular flexibility index (Phi) is 5.53. The summed E-state index contributed by atoms with van der Waals surface area (Å²) < 4.78 is 13.9. The molecule has 1 aromatic heterocycles. The first-order valence-corrected chi connectivity index (χ1v) is 9.09. The maximum Gasteiger partial charge on any atom is 0.256 e. The van der Waals surface area contributed by atoms with Gasteiger partial charge in [0.25, 0.3) is 5.91 Å². The van der Waals surface area contributed by atoms with E-state index in [2.05, 4.69) is 15.0 Å². The Labute approximate surface area is 158 Å². The van der Waals surface area contributed by atoms with E-state index in [1.54, 1.807) is 17.0 Å². The van der Waals surface area contributed by atoms with Gasteiger partial charge in [0.2, 0.25) is 11.9 Å². The summed E-state index contributed by atoms with van der Waals surface area (Å²) in [5, 5.41) is 0. The van der Waals surface area contributed by atoms with Crippen LogP contribution in [0.4, 0.5) is 16.3 Å². The molecule has 0 bridgehead atoms. The number of carbonyl (C=O) groups is 1. The Balaban J connectivity index is 1.74. The molecule has 27 heavy (non-hydrogen) atoms. The minimum absolute atomic E-state index is 0.114. The zero-order chi connectivity index (χ0) is 19.6. The number of hydrogen-bond acceptors (Lipinski definition) is 6. The first kappa shape index (κ1) is 19.0. The average Bonchev–Trinajstić information content (AvgIpc) is 2.67. The van der Waals surface area contributed by atoms with Gasteiger partial charge in [0.15, 0.2) is 0 Å². The van der Waals surface area contributed by atoms with E-state index in [-0.39, 0.29) is 17.4 Å². The minimum atomic E-state index is -0.486. The van der Waals surface area contributed by atoms with Crippen molar-refractivity contribution in [2.75, 3.05) is 50.1 Å². The van der Waals surface area contributed by atoms with Gasteiger partial charge >= 0.3 is 0 Å². The number of halogens is 1. The Morgan fingerprint density at radius 3 is 2.33 bits per heavy atom. The van der Waals surface area contributed by atoms with Gasteiger partial charge in [-0.05, 0) is 12.1 Å². The van der Waals surface area contributed by atoms with Crippen LogP contribution in [-0.4, -0.2) is 66.0 Å². The summed E-state index contributed by atoms with van der Waals surface area (Å²) in [5.41, 5.74) is 0.114. The maximum absolute atomic E-state index is 13.9. The first-order chi connectivity index (χ1) is 12.9. The molecule has 1 aromatic carbocycles. The number of anilines is 2. The molecule has 0 saturated carbocycles. The van der Waals surface area contributed by atoms with Crippen molar-refractivity contribution in [1.29, 1.82) is 0 Å². The second kappa shape index (κ2) is 7.85. The van der Waals surface area contributed by atoms with Gasteiger partial charge < -0.3 is 14.7 Å². The van der Waals surface area contributed by atoms with E-state index in [0.717, 1.165) is 5.82 Å². The molecule has 2 heterocycles. The van der Waals surface area contributed by atoms with Gasteiger partial charge in [0.1, 0.15) is 11.6 Å². The van der Waals surface area contributed by atoms with E-state index in [9.17, 15) is 9.18 Å². The van der Waals surface area contributed by atoms with Gasteiger partial charge in [-0.25, -0.2) is 4.39 Å². The Morgan fingerprint density at radius 1 is 1.07 bits per heavy atom. The Hall–Kier alpha value is -2.77. The van der Waals surface area contributed by atoms with Crippen molar-refractivity contribution in [2.45, 2.75) is 19.8 Å². The number of piperazine rings is 1. The molecule has 1 aliphatic heterocycles. The number of amides is 1. The summed E-state index contributed by atoms with van der Waals surface area (Å²) in [7, 11) is 3.79. The molecule has 0 unspecified atom stereocenters. The summed E-state index contributed by atoms with van der Waals surface area (Å²) in [5.74, 6) is 1.41.